The third kappa shape index (κ3) is 8.94. The van der Waals surface area contributed by atoms with E-state index in [1.165, 1.54) is 114 Å². The van der Waals surface area contributed by atoms with E-state index in [2.05, 4.69) is 147 Å². The number of amidine groups is 2. The zero-order valence-electron chi connectivity index (χ0n) is 37.9. The second-order valence-electron chi connectivity index (χ2n) is 18.6. The van der Waals surface area contributed by atoms with Crippen LogP contribution in [0.4, 0.5) is 22.7 Å². The van der Waals surface area contributed by atoms with Crippen LogP contribution in [0.5, 0.6) is 0 Å². The van der Waals surface area contributed by atoms with E-state index in [-0.39, 0.29) is 5.41 Å². The maximum Gasteiger partial charge on any atom is 0.271 e. The number of unbranched alkanes of at least 4 members (excludes halogenated alkanes) is 4. The second-order valence-corrected chi connectivity index (χ2v) is 18.6. The van der Waals surface area contributed by atoms with Crippen molar-refractivity contribution in [2.75, 3.05) is 33.7 Å². The molecular formula is C53H69N6+. The number of likely N-dealkylation sites (N-methyl/N-ethyl adjacent to an activating group) is 2. The summed E-state index contributed by atoms with van der Waals surface area (Å²) in [5, 5.41) is 0. The van der Waals surface area contributed by atoms with Crippen molar-refractivity contribution in [2.45, 2.75) is 120 Å². The molecule has 6 nitrogen and oxygen atoms in total. The lowest BCUT2D eigenvalue weighted by Gasteiger charge is -2.34. The van der Waals surface area contributed by atoms with E-state index in [9.17, 15) is 0 Å². The summed E-state index contributed by atoms with van der Waals surface area (Å²) in [5.41, 5.74) is 16.9. The van der Waals surface area contributed by atoms with Gasteiger partial charge >= 0.3 is 0 Å². The first-order valence-corrected chi connectivity index (χ1v) is 22.5. The van der Waals surface area contributed by atoms with Gasteiger partial charge in [-0.15, -0.1) is 0 Å². The van der Waals surface area contributed by atoms with E-state index in [4.69, 9.17) is 20.0 Å². The zero-order valence-corrected chi connectivity index (χ0v) is 37.9. The number of hydrogen-bond donors (Lipinski definition) is 0. The smallest absolute Gasteiger partial charge is 0.271 e. The summed E-state index contributed by atoms with van der Waals surface area (Å²) in [7, 11) is 4.62. The van der Waals surface area contributed by atoms with Crippen molar-refractivity contribution in [1.82, 2.24) is 4.90 Å². The topological polar surface area (TPSA) is 52.7 Å². The van der Waals surface area contributed by atoms with Gasteiger partial charge in [0.2, 0.25) is 5.84 Å². The molecule has 2 aliphatic carbocycles. The Bertz CT molecular complexity index is 2230. The maximum absolute atomic E-state index is 5.60. The van der Waals surface area contributed by atoms with Crippen LogP contribution in [0.15, 0.2) is 92.8 Å². The van der Waals surface area contributed by atoms with Crippen LogP contribution in [0, 0.1) is 66.7 Å². The highest BCUT2D eigenvalue weighted by molar-refractivity contribution is 6.48. The van der Waals surface area contributed by atoms with Crippen LogP contribution in [0.25, 0.3) is 0 Å². The van der Waals surface area contributed by atoms with E-state index < -0.39 is 0 Å². The maximum atomic E-state index is 5.60. The molecule has 3 aliphatic rings. The van der Waals surface area contributed by atoms with Crippen LogP contribution < -0.4 is 0 Å². The molecule has 1 aliphatic heterocycles. The molecule has 0 amide bonds. The van der Waals surface area contributed by atoms with Gasteiger partial charge in [0.25, 0.3) is 5.84 Å². The fourth-order valence-electron chi connectivity index (χ4n) is 10.3. The lowest BCUT2D eigenvalue weighted by Crippen LogP contribution is -2.54. The van der Waals surface area contributed by atoms with Gasteiger partial charge in [-0.2, -0.15) is 4.99 Å². The minimum absolute atomic E-state index is 0.121. The summed E-state index contributed by atoms with van der Waals surface area (Å²) < 4.78 is 0.799. The molecule has 0 N–H and O–H groups in total. The molecule has 0 radical (unpaired) electrons. The van der Waals surface area contributed by atoms with Crippen molar-refractivity contribution < 1.29 is 4.48 Å². The average molecular weight is 790 g/mol. The molecule has 1 saturated heterocycles. The first-order chi connectivity index (χ1) is 28.3. The van der Waals surface area contributed by atoms with E-state index in [1.807, 2.05) is 0 Å². The van der Waals surface area contributed by atoms with E-state index in [0.717, 1.165) is 65.0 Å². The molecule has 3 unspecified atom stereocenters. The Hall–Kier alpha value is -4.68. The standard InChI is InChI=1S/C53H69N6/c1-36-21-16-22-37(2)45(36)54-49-44-29-31-53(35-44,50(49)55-46-38(3)23-17-24-39(46)4)30-14-12-11-13-15-33-59(10)34-20-32-58(9)51(56-47-40(5)25-18-26-41(47)6)52(59)57-48-42(7)27-19-28-43(48)8/h16-19,21-28,44H,11-15,20,29-35H2,1-10H3/q+1. The van der Waals surface area contributed by atoms with E-state index in [1.54, 1.807) is 0 Å². The van der Waals surface area contributed by atoms with Crippen LogP contribution in [0.1, 0.15) is 109 Å². The van der Waals surface area contributed by atoms with Gasteiger partial charge in [-0.05, 0) is 138 Å². The monoisotopic (exact) mass is 790 g/mol. The number of hydrogen-bond acceptors (Lipinski definition) is 4. The minimum atomic E-state index is 0.121. The summed E-state index contributed by atoms with van der Waals surface area (Å²) in [5.74, 6) is 2.60. The summed E-state index contributed by atoms with van der Waals surface area (Å²) in [6.07, 6.45) is 12.1. The van der Waals surface area contributed by atoms with Crippen molar-refractivity contribution in [3.63, 3.8) is 0 Å². The average Bonchev–Trinajstić information content (AvgIpc) is 3.71. The molecule has 6 heteroatoms. The predicted octanol–water partition coefficient (Wildman–Crippen LogP) is 13.4. The van der Waals surface area contributed by atoms with Gasteiger partial charge in [0.15, 0.2) is 0 Å². The molecule has 2 bridgehead atoms. The van der Waals surface area contributed by atoms with Crippen molar-refractivity contribution in [1.29, 1.82) is 0 Å². The molecule has 59 heavy (non-hydrogen) atoms. The van der Waals surface area contributed by atoms with Crippen molar-refractivity contribution in [2.24, 2.45) is 31.3 Å². The number of benzene rings is 4. The van der Waals surface area contributed by atoms with Gasteiger partial charge in [0.05, 0.1) is 54.3 Å². The molecule has 3 fully saturated rings. The van der Waals surface area contributed by atoms with Crippen molar-refractivity contribution >= 4 is 45.8 Å². The van der Waals surface area contributed by atoms with E-state index >= 15 is 0 Å². The van der Waals surface area contributed by atoms with E-state index in [0.29, 0.717) is 5.92 Å². The van der Waals surface area contributed by atoms with Gasteiger partial charge in [-0.3, -0.25) is 14.5 Å². The molecule has 0 spiro atoms. The molecule has 310 valence electrons. The molecular weight excluding hydrogens is 721 g/mol. The quantitative estimate of drug-likeness (QED) is 0.104. The van der Waals surface area contributed by atoms with Crippen LogP contribution in [-0.2, 0) is 0 Å². The summed E-state index contributed by atoms with van der Waals surface area (Å²) in [4.78, 5) is 24.5. The lowest BCUT2D eigenvalue weighted by molar-refractivity contribution is -0.818. The summed E-state index contributed by atoms with van der Waals surface area (Å²) >= 11 is 0. The van der Waals surface area contributed by atoms with Gasteiger partial charge in [-0.25, -0.2) is 4.99 Å². The molecule has 4 aromatic carbocycles. The van der Waals surface area contributed by atoms with Crippen LogP contribution >= 0.6 is 0 Å². The van der Waals surface area contributed by atoms with Gasteiger partial charge < -0.3 is 4.90 Å². The first-order valence-electron chi connectivity index (χ1n) is 22.5. The van der Waals surface area contributed by atoms with Crippen LogP contribution in [0.2, 0.25) is 0 Å². The highest BCUT2D eigenvalue weighted by Crippen LogP contribution is 2.55. The third-order valence-corrected chi connectivity index (χ3v) is 13.9. The number of aryl methyl sites for hydroxylation is 8. The minimum Gasteiger partial charge on any atom is -0.353 e. The summed E-state index contributed by atoms with van der Waals surface area (Å²) in [6.45, 7) is 20.6. The Morgan fingerprint density at radius 2 is 1.05 bits per heavy atom. The Morgan fingerprint density at radius 3 is 1.59 bits per heavy atom. The largest absolute Gasteiger partial charge is 0.353 e. The SMILES string of the molecule is Cc1cccc(C)c1N=C1C(=Nc2c(C)cccc2C)C2(CCCCCCC[N+]3(C)CCCN(C)C(=Nc4c(C)cccc4C)C3=Nc3c(C)cccc3C)CCC1C2. The van der Waals surface area contributed by atoms with Crippen molar-refractivity contribution in [3.05, 3.63) is 117 Å². The molecule has 0 aromatic heterocycles. The number of rotatable bonds is 12. The van der Waals surface area contributed by atoms with Crippen LogP contribution in [-0.4, -0.2) is 66.2 Å². The number of quaternary nitrogens is 1. The highest BCUT2D eigenvalue weighted by atomic mass is 15.4. The number of nitrogens with zero attached hydrogens (tertiary/aromatic N) is 6. The molecule has 2 saturated carbocycles. The zero-order chi connectivity index (χ0) is 41.9. The third-order valence-electron chi connectivity index (χ3n) is 13.9. The molecule has 3 atom stereocenters. The molecule has 4 aromatic rings. The number of fused-ring (bicyclic) bond motifs is 2. The normalized spacial score (nSPS) is 24.6. The number of aliphatic imine (C=N–C) groups is 4. The molecule has 1 heterocycles. The second kappa shape index (κ2) is 17.9. The first kappa shape index (κ1) is 42.4. The highest BCUT2D eigenvalue weighted by Gasteiger charge is 2.53. The van der Waals surface area contributed by atoms with Gasteiger partial charge in [0.1, 0.15) is 0 Å². The fraction of sp³-hybridized carbons (Fsp3) is 0.472. The Balaban J connectivity index is 1.08. The summed E-state index contributed by atoms with van der Waals surface area (Å²) in [6, 6.07) is 26.1. The number of para-hydroxylation sites is 4. The lowest BCUT2D eigenvalue weighted by atomic mass is 9.77. The van der Waals surface area contributed by atoms with Gasteiger partial charge in [0, 0.05) is 31.3 Å². The Labute approximate surface area is 355 Å². The fourth-order valence-corrected chi connectivity index (χ4v) is 10.3. The van der Waals surface area contributed by atoms with Gasteiger partial charge in [-0.1, -0.05) is 92.1 Å². The van der Waals surface area contributed by atoms with Crippen molar-refractivity contribution in [3.8, 4) is 0 Å². The predicted molar refractivity (Wildman–Crippen MR) is 253 cm³/mol. The molecule has 7 rings (SSSR count). The Kier molecular flexibility index (Phi) is 12.9. The Morgan fingerprint density at radius 1 is 0.593 bits per heavy atom. The van der Waals surface area contributed by atoms with Crippen LogP contribution in [0.3, 0.4) is 0 Å².